The Balaban J connectivity index is 1.02. The number of aliphatic hydroxyl groups is 13. The predicted molar refractivity (Wildman–Crippen MR) is 259 cm³/mol. The molecule has 4 aliphatic carbocycles. The van der Waals surface area contributed by atoms with Crippen molar-refractivity contribution >= 4 is 0 Å². The lowest BCUT2D eigenvalue weighted by molar-refractivity contribution is -0.388. The first-order valence-electron chi connectivity index (χ1n) is 27.2. The lowest BCUT2D eigenvalue weighted by Gasteiger charge is -2.70. The Hall–Kier alpha value is -1.10. The van der Waals surface area contributed by atoms with E-state index in [2.05, 4.69) is 40.7 Å². The summed E-state index contributed by atoms with van der Waals surface area (Å²) in [4.78, 5) is 0. The summed E-state index contributed by atoms with van der Waals surface area (Å²) < 4.78 is 49.1. The van der Waals surface area contributed by atoms with Crippen LogP contribution in [-0.4, -0.2) is 221 Å². The SMILES string of the molecule is CC(C)=CCC[C@@](O)(CO[C@@H]1O[C@H](CO)[C@@H](O)[C@H](O)[C@H]1O)C1CC[C@]2(C)C1CCC1[C@@]3(C)CC[C@H](O[C@@H]4OC[C@@H](O)[C@H](O[C@@H]5O[C@H](CO)[C@@H](O)[C@H](O)[C@H]5O)[C@H]4O[C@@H]4O[C@@H](C)[C@H](O)[C@@H](O)[C@H]4O)C(C)(C)C3CC[C@]12C. The number of rotatable bonds is 15. The molecule has 4 aliphatic heterocycles. The van der Waals surface area contributed by atoms with Gasteiger partial charge in [0.2, 0.25) is 0 Å². The van der Waals surface area contributed by atoms with Gasteiger partial charge in [0.1, 0.15) is 85.5 Å². The van der Waals surface area contributed by atoms with E-state index in [1.54, 1.807) is 0 Å². The Morgan fingerprint density at radius 1 is 0.595 bits per heavy atom. The van der Waals surface area contributed by atoms with Crippen molar-refractivity contribution in [2.24, 2.45) is 45.3 Å². The lowest BCUT2D eigenvalue weighted by atomic mass is 9.35. The molecular weight excluding hydrogens is 973 g/mol. The van der Waals surface area contributed by atoms with Crippen molar-refractivity contribution in [3.05, 3.63) is 11.6 Å². The molecule has 21 nitrogen and oxygen atoms in total. The van der Waals surface area contributed by atoms with Gasteiger partial charge in [0, 0.05) is 0 Å². The Morgan fingerprint density at radius 3 is 1.78 bits per heavy atom. The minimum Gasteiger partial charge on any atom is -0.394 e. The van der Waals surface area contributed by atoms with Gasteiger partial charge in [0.05, 0.1) is 44.2 Å². The second-order valence-electron chi connectivity index (χ2n) is 25.1. The highest BCUT2D eigenvalue weighted by Crippen LogP contribution is 2.76. The molecule has 0 radical (unpaired) electrons. The summed E-state index contributed by atoms with van der Waals surface area (Å²) in [5.74, 6) is 0.453. The fraction of sp³-hybridized carbons (Fsp3) is 0.962. The number of ether oxygens (including phenoxy) is 8. The van der Waals surface area contributed by atoms with Gasteiger partial charge in [-0.2, -0.15) is 0 Å². The van der Waals surface area contributed by atoms with Crippen molar-refractivity contribution in [1.29, 1.82) is 0 Å². The van der Waals surface area contributed by atoms with Gasteiger partial charge in [-0.05, 0) is 130 Å². The lowest BCUT2D eigenvalue weighted by Crippen LogP contribution is -2.66. The van der Waals surface area contributed by atoms with Crippen molar-refractivity contribution < 1.29 is 104 Å². The standard InChI is InChI=1S/C53H90O21/c1-24(2)10-9-16-53(66,23-68-45-40(63)38(61)35(58)29(20-54)70-45)27-13-18-51(7)26(27)11-12-32-50(6)17-15-33(49(4,5)31(50)14-19-52(32,51)8)72-48-44(74-46-41(64)37(60)34(57)25(3)69-46)43(28(56)22-67-48)73-47-42(65)39(62)36(59)30(21-55)71-47/h10,25-48,54-66H,9,11-23H2,1-8H3/t25-,26?,27?,28+,29+,30+,31?,32?,33-,34-,35+,36+,37+,38-,39-,40+,41+,42+,43-,44+,45+,46-,47-,48-,50-,51+,52+,53+/m0/s1. The average molecular weight is 1060 g/mol. The van der Waals surface area contributed by atoms with Crippen LogP contribution in [0.2, 0.25) is 0 Å². The predicted octanol–water partition coefficient (Wildman–Crippen LogP) is -0.534. The van der Waals surface area contributed by atoms with Gasteiger partial charge < -0.3 is 104 Å². The molecule has 0 aromatic rings. The quantitative estimate of drug-likeness (QED) is 0.0724. The first-order chi connectivity index (χ1) is 34.7. The van der Waals surface area contributed by atoms with Crippen molar-refractivity contribution in [1.82, 2.24) is 0 Å². The molecule has 28 atom stereocenters. The first kappa shape index (κ1) is 59.0. The van der Waals surface area contributed by atoms with Gasteiger partial charge in [-0.3, -0.25) is 0 Å². The number of allylic oxidation sites excluding steroid dienone is 2. The van der Waals surface area contributed by atoms with E-state index in [4.69, 9.17) is 37.9 Å². The zero-order valence-corrected chi connectivity index (χ0v) is 44.4. The van der Waals surface area contributed by atoms with Gasteiger partial charge in [-0.1, -0.05) is 46.3 Å². The molecule has 0 aromatic carbocycles. The van der Waals surface area contributed by atoms with E-state index in [1.165, 1.54) is 6.92 Å². The van der Waals surface area contributed by atoms with Crippen molar-refractivity contribution in [2.75, 3.05) is 26.4 Å². The topological polar surface area (TPSA) is 337 Å². The summed E-state index contributed by atoms with van der Waals surface area (Å²) in [7, 11) is 0. The van der Waals surface area contributed by atoms with Crippen LogP contribution in [-0.2, 0) is 37.9 Å². The molecule has 4 saturated carbocycles. The molecule has 8 rings (SSSR count). The summed E-state index contributed by atoms with van der Waals surface area (Å²) in [5, 5.41) is 140. The van der Waals surface area contributed by atoms with E-state index >= 15 is 0 Å². The second kappa shape index (κ2) is 22.4. The largest absolute Gasteiger partial charge is 0.394 e. The molecule has 0 spiro atoms. The monoisotopic (exact) mass is 1060 g/mol. The number of hydrogen-bond donors (Lipinski definition) is 13. The number of fused-ring (bicyclic) bond motifs is 5. The van der Waals surface area contributed by atoms with Crippen LogP contribution in [0.15, 0.2) is 11.6 Å². The molecule has 74 heavy (non-hydrogen) atoms. The molecule has 8 fully saturated rings. The zero-order chi connectivity index (χ0) is 54.2. The van der Waals surface area contributed by atoms with Crippen LogP contribution in [0.4, 0.5) is 0 Å². The molecule has 0 aromatic heterocycles. The highest BCUT2D eigenvalue weighted by atomic mass is 16.8. The fourth-order valence-electron chi connectivity index (χ4n) is 16.0. The fourth-order valence-corrected chi connectivity index (χ4v) is 16.0. The van der Waals surface area contributed by atoms with E-state index in [9.17, 15) is 66.4 Å². The number of hydrogen-bond acceptors (Lipinski definition) is 21. The third-order valence-electron chi connectivity index (χ3n) is 20.4. The maximum atomic E-state index is 12.9. The van der Waals surface area contributed by atoms with E-state index in [-0.39, 0.29) is 47.2 Å². The van der Waals surface area contributed by atoms with Crippen molar-refractivity contribution in [3.8, 4) is 0 Å². The van der Waals surface area contributed by atoms with Crippen LogP contribution in [0, 0.1) is 45.3 Å². The van der Waals surface area contributed by atoms with E-state index in [0.717, 1.165) is 50.5 Å². The summed E-state index contributed by atoms with van der Waals surface area (Å²) in [6, 6.07) is 0. The summed E-state index contributed by atoms with van der Waals surface area (Å²) in [6.45, 7) is 15.4. The average Bonchev–Trinajstić information content (AvgIpc) is 3.72. The maximum Gasteiger partial charge on any atom is 0.187 e. The first-order valence-corrected chi connectivity index (χ1v) is 27.2. The molecule has 4 saturated heterocycles. The normalized spacial score (nSPS) is 52.3. The molecule has 8 aliphatic rings. The van der Waals surface area contributed by atoms with Crippen LogP contribution in [0.1, 0.15) is 120 Å². The van der Waals surface area contributed by atoms with Gasteiger partial charge in [0.25, 0.3) is 0 Å². The summed E-state index contributed by atoms with van der Waals surface area (Å²) in [6.07, 6.45) is -19.3. The molecule has 21 heteroatoms. The third kappa shape index (κ3) is 10.4. The van der Waals surface area contributed by atoms with Crippen LogP contribution >= 0.6 is 0 Å². The Kier molecular flexibility index (Phi) is 17.9. The van der Waals surface area contributed by atoms with Crippen LogP contribution < -0.4 is 0 Å². The van der Waals surface area contributed by atoms with Crippen LogP contribution in [0.25, 0.3) is 0 Å². The number of aliphatic hydroxyl groups excluding tert-OH is 12. The molecule has 428 valence electrons. The Bertz CT molecular complexity index is 1910. The Morgan fingerprint density at radius 2 is 1.16 bits per heavy atom. The summed E-state index contributed by atoms with van der Waals surface area (Å²) in [5.41, 5.74) is -1.11. The van der Waals surface area contributed by atoms with Gasteiger partial charge in [-0.15, -0.1) is 0 Å². The Labute approximate surface area is 434 Å². The smallest absolute Gasteiger partial charge is 0.187 e. The van der Waals surface area contributed by atoms with E-state index in [0.29, 0.717) is 25.2 Å². The molecular formula is C53H90O21. The van der Waals surface area contributed by atoms with E-state index in [1.807, 2.05) is 13.8 Å². The highest BCUT2D eigenvalue weighted by molar-refractivity contribution is 5.19. The third-order valence-corrected chi connectivity index (χ3v) is 20.4. The van der Waals surface area contributed by atoms with Gasteiger partial charge >= 0.3 is 0 Å². The minimum atomic E-state index is -1.83. The van der Waals surface area contributed by atoms with Gasteiger partial charge in [-0.25, -0.2) is 0 Å². The zero-order valence-electron chi connectivity index (χ0n) is 44.4. The minimum absolute atomic E-state index is 0.120. The molecule has 4 heterocycles. The van der Waals surface area contributed by atoms with E-state index < -0.39 is 147 Å². The molecule has 13 N–H and O–H groups in total. The van der Waals surface area contributed by atoms with Crippen molar-refractivity contribution in [3.63, 3.8) is 0 Å². The van der Waals surface area contributed by atoms with Crippen LogP contribution in [0.5, 0.6) is 0 Å². The molecule has 4 unspecified atom stereocenters. The van der Waals surface area contributed by atoms with Crippen molar-refractivity contribution in [2.45, 2.75) is 248 Å². The van der Waals surface area contributed by atoms with Gasteiger partial charge in [0.15, 0.2) is 25.2 Å². The summed E-state index contributed by atoms with van der Waals surface area (Å²) >= 11 is 0. The molecule has 0 bridgehead atoms. The highest BCUT2D eigenvalue weighted by Gasteiger charge is 2.70. The van der Waals surface area contributed by atoms with Crippen LogP contribution in [0.3, 0.4) is 0 Å². The second-order valence-corrected chi connectivity index (χ2v) is 25.1. The molecule has 0 amide bonds. The maximum absolute atomic E-state index is 12.9.